The van der Waals surface area contributed by atoms with Gasteiger partial charge in [0, 0.05) is 0 Å². The van der Waals surface area contributed by atoms with Crippen LogP contribution in [0.15, 0.2) is 0 Å². The van der Waals surface area contributed by atoms with Crippen molar-refractivity contribution in [1.29, 1.82) is 0 Å². The summed E-state index contributed by atoms with van der Waals surface area (Å²) in [6.45, 7) is 4.72. The molecule has 0 amide bonds. The van der Waals surface area contributed by atoms with Crippen LogP contribution < -0.4 is 21.2 Å². The fraction of sp³-hybridized carbons (Fsp3) is 1.00. The average Bonchev–Trinajstić information content (AvgIpc) is 1.67. The molecular weight excluding hydrogens is 243 g/mol. The second-order valence-electron chi connectivity index (χ2n) is 2.49. The summed E-state index contributed by atoms with van der Waals surface area (Å²) in [5.41, 5.74) is 0. The molecule has 0 aromatic heterocycles. The van der Waals surface area contributed by atoms with Gasteiger partial charge in [-0.05, 0) is 0 Å². The van der Waals surface area contributed by atoms with Crippen molar-refractivity contribution < 1.29 is 21.2 Å². The van der Waals surface area contributed by atoms with Gasteiger partial charge < -0.3 is 0 Å². The van der Waals surface area contributed by atoms with Crippen LogP contribution in [0.1, 0.15) is 13.8 Å². The molecule has 0 aliphatic heterocycles. The standard InChI is InChI=1S/C4H9IN.2Al.4H/c1-4(2,6)5-3;;;;;;/h1-3H3;;;;;;/q-1;;;;;;. The van der Waals surface area contributed by atoms with Crippen molar-refractivity contribution in [3.63, 3.8) is 0 Å². The predicted octanol–water partition coefficient (Wildman–Crippen LogP) is -4.16. The van der Waals surface area contributed by atoms with E-state index in [1.807, 2.05) is 0 Å². The summed E-state index contributed by atoms with van der Waals surface area (Å²) in [6, 6.07) is 0. The summed E-state index contributed by atoms with van der Waals surface area (Å²) in [5, 5.41) is 0. The Labute approximate surface area is 78.7 Å². The van der Waals surface area contributed by atoms with Crippen molar-refractivity contribution in [1.82, 2.24) is 2.87 Å². The molecule has 0 radical (unpaired) electrons. The molecule has 0 fully saturated rings. The van der Waals surface area contributed by atoms with E-state index in [2.05, 4.69) is 21.6 Å². The van der Waals surface area contributed by atoms with E-state index < -0.39 is 0 Å². The van der Waals surface area contributed by atoms with Crippen LogP contribution in [0.2, 0.25) is 0 Å². The van der Waals surface area contributed by atoms with Gasteiger partial charge in [-0.2, -0.15) is 0 Å². The second-order valence-corrected chi connectivity index (χ2v) is 10.7. The fourth-order valence-electron chi connectivity index (χ4n) is 0.169. The van der Waals surface area contributed by atoms with Crippen LogP contribution in [-0.4, -0.2) is 44.4 Å². The second kappa shape index (κ2) is 3.81. The average molecular weight is 256 g/mol. The number of rotatable bonds is 2. The van der Waals surface area contributed by atoms with Gasteiger partial charge in [0.1, 0.15) is 0 Å². The normalized spacial score (nSPS) is 13.0. The van der Waals surface area contributed by atoms with Crippen LogP contribution in [0.3, 0.4) is 0 Å². The molecule has 1 nitrogen and oxygen atoms in total. The number of hydrogen-bond donors (Lipinski definition) is 0. The van der Waals surface area contributed by atoms with Gasteiger partial charge in [-0.3, -0.25) is 0 Å². The van der Waals surface area contributed by atoms with E-state index in [1.165, 1.54) is 33.0 Å². The zero-order valence-electron chi connectivity index (χ0n) is 6.33. The van der Waals surface area contributed by atoms with Gasteiger partial charge >= 0.3 is 79.4 Å². The summed E-state index contributed by atoms with van der Waals surface area (Å²) < 4.78 is 3.18. The Morgan fingerprint density at radius 1 is 1.38 bits per heavy atom. The Bertz CT molecular complexity index is 74.4. The van der Waals surface area contributed by atoms with Crippen LogP contribution in [0, 0.1) is 0 Å². The van der Waals surface area contributed by atoms with Crippen molar-refractivity contribution >= 4 is 33.0 Å². The van der Waals surface area contributed by atoms with Crippen molar-refractivity contribution in [2.24, 2.45) is 0 Å². The monoisotopic (exact) mass is 256 g/mol. The van der Waals surface area contributed by atoms with Gasteiger partial charge in [0.2, 0.25) is 0 Å². The van der Waals surface area contributed by atoms with Gasteiger partial charge in [-0.25, -0.2) is 0 Å². The quantitative estimate of drug-likeness (QED) is 0.210. The Hall–Kier alpha value is 1.75. The molecule has 48 valence electrons. The Balaban J connectivity index is 3.71. The molecule has 0 unspecified atom stereocenters. The minimum atomic E-state index is 0.416. The summed E-state index contributed by atoms with van der Waals surface area (Å²) >= 11 is 2.94. The van der Waals surface area contributed by atoms with Crippen LogP contribution in [0.4, 0.5) is 0 Å². The van der Waals surface area contributed by atoms with E-state index in [9.17, 15) is 0 Å². The fourth-order valence-corrected chi connectivity index (χ4v) is 3.40. The molecule has 0 saturated carbocycles. The molecular formula is C4H13Al2IN-. The van der Waals surface area contributed by atoms with E-state index in [0.29, 0.717) is 24.8 Å². The molecule has 4 heteroatoms. The number of nitrogens with zero attached hydrogens (tertiary/aromatic N) is 1. The first-order chi connectivity index (χ1) is 3.50. The third-order valence-electron chi connectivity index (χ3n) is 1.53. The zero-order valence-corrected chi connectivity index (χ0v) is 12.5. The molecule has 0 bridgehead atoms. The maximum absolute atomic E-state index is 2.57. The molecule has 0 aliphatic carbocycles. The summed E-state index contributed by atoms with van der Waals surface area (Å²) in [6.07, 6.45) is 0. The van der Waals surface area contributed by atoms with Crippen LogP contribution in [0.25, 0.3) is 0 Å². The van der Waals surface area contributed by atoms with Crippen LogP contribution in [-0.2, 0) is 0 Å². The number of hydrogen-bond acceptors (Lipinski definition) is 1. The molecule has 0 heterocycles. The van der Waals surface area contributed by atoms with Crippen LogP contribution in [0.5, 0.6) is 0 Å². The topological polar surface area (TPSA) is 3.24 Å². The Morgan fingerprint density at radius 2 is 1.75 bits per heavy atom. The third-order valence-corrected chi connectivity index (χ3v) is 9.19. The molecule has 0 aliphatic rings. The molecule has 8 heavy (non-hydrogen) atoms. The Kier molecular flexibility index (Phi) is 4.65. The van der Waals surface area contributed by atoms with E-state index >= 15 is 0 Å². The van der Waals surface area contributed by atoms with E-state index in [-0.39, 0.29) is 0 Å². The Morgan fingerprint density at radius 3 is 1.75 bits per heavy atom. The van der Waals surface area contributed by atoms with Gasteiger partial charge in [-0.15, -0.1) is 0 Å². The van der Waals surface area contributed by atoms with Crippen molar-refractivity contribution in [3.05, 3.63) is 0 Å². The van der Waals surface area contributed by atoms with Gasteiger partial charge in [0.15, 0.2) is 0 Å². The molecule has 0 rings (SSSR count). The van der Waals surface area contributed by atoms with Crippen molar-refractivity contribution in [3.8, 4) is 0 Å². The van der Waals surface area contributed by atoms with Gasteiger partial charge in [0.05, 0.1) is 0 Å². The first kappa shape index (κ1) is 9.75. The maximum atomic E-state index is 2.57. The molecule has 0 saturated heterocycles. The van der Waals surface area contributed by atoms with Crippen molar-refractivity contribution in [2.45, 2.75) is 17.4 Å². The summed E-state index contributed by atoms with van der Waals surface area (Å²) in [7, 11) is 0. The zero-order chi connectivity index (χ0) is 6.78. The molecule has 0 aromatic rings. The summed E-state index contributed by atoms with van der Waals surface area (Å²) in [5.74, 6) is 0. The minimum absolute atomic E-state index is 0.416. The van der Waals surface area contributed by atoms with Gasteiger partial charge in [-0.1, -0.05) is 0 Å². The molecule has 0 atom stereocenters. The molecule has 0 spiro atoms. The SMILES string of the molecule is C[I-]C(C)(C)[N]([AlH2])[AlH2]. The number of halogens is 1. The summed E-state index contributed by atoms with van der Waals surface area (Å²) in [4.78, 5) is 2.36. The molecule has 0 aromatic carbocycles. The predicted molar refractivity (Wildman–Crippen MR) is 38.9 cm³/mol. The van der Waals surface area contributed by atoms with Gasteiger partial charge in [0.25, 0.3) is 0 Å². The van der Waals surface area contributed by atoms with E-state index in [0.717, 1.165) is 0 Å². The van der Waals surface area contributed by atoms with E-state index in [4.69, 9.17) is 0 Å². The first-order valence-corrected chi connectivity index (χ1v) is 7.71. The number of alkyl halides is 2. The molecule has 0 N–H and O–H groups in total. The van der Waals surface area contributed by atoms with Crippen LogP contribution >= 0.6 is 0 Å². The third kappa shape index (κ3) is 3.06. The van der Waals surface area contributed by atoms with E-state index in [1.54, 1.807) is 0 Å². The van der Waals surface area contributed by atoms with Crippen molar-refractivity contribution in [2.75, 3.05) is 4.93 Å². The first-order valence-electron chi connectivity index (χ1n) is 2.68.